The lowest BCUT2D eigenvalue weighted by atomic mass is 9.88. The molecule has 168 valence electrons. The van der Waals surface area contributed by atoms with Crippen molar-refractivity contribution in [1.82, 2.24) is 30.2 Å². The molecule has 0 radical (unpaired) electrons. The summed E-state index contributed by atoms with van der Waals surface area (Å²) in [5, 5.41) is 10.1. The molecule has 8 heteroatoms. The minimum absolute atomic E-state index is 0.164. The van der Waals surface area contributed by atoms with Crippen LogP contribution in [0.1, 0.15) is 60.5 Å². The van der Waals surface area contributed by atoms with Gasteiger partial charge in [0.25, 0.3) is 17.6 Å². The fourth-order valence-electron chi connectivity index (χ4n) is 5.42. The molecule has 32 heavy (non-hydrogen) atoms. The number of carbonyl (C=O) groups excluding carboxylic acids is 2. The highest BCUT2D eigenvalue weighted by Gasteiger charge is 2.39. The molecule has 2 bridgehead atoms. The number of nitrogens with zero attached hydrogens (tertiary/aromatic N) is 4. The van der Waals surface area contributed by atoms with Crippen LogP contribution < -0.4 is 10.6 Å². The minimum Gasteiger partial charge on any atom is -0.350 e. The summed E-state index contributed by atoms with van der Waals surface area (Å²) in [5.74, 6) is 2.70. The topological polar surface area (TPSA) is 101 Å². The van der Waals surface area contributed by atoms with Crippen LogP contribution in [0.3, 0.4) is 0 Å². The first kappa shape index (κ1) is 20.8. The molecule has 3 aliphatic carbocycles. The molecule has 2 fully saturated rings. The van der Waals surface area contributed by atoms with Crippen molar-refractivity contribution in [3.8, 4) is 0 Å². The number of hydrogen-bond donors (Lipinski definition) is 2. The Labute approximate surface area is 187 Å². The molecule has 0 spiro atoms. The molecule has 0 aliphatic heterocycles. The third kappa shape index (κ3) is 4.06. The van der Waals surface area contributed by atoms with E-state index in [0.29, 0.717) is 30.8 Å². The van der Waals surface area contributed by atoms with Crippen molar-refractivity contribution in [2.24, 2.45) is 29.6 Å². The van der Waals surface area contributed by atoms with Crippen molar-refractivity contribution in [2.75, 3.05) is 13.1 Å². The zero-order chi connectivity index (χ0) is 22.2. The van der Waals surface area contributed by atoms with Gasteiger partial charge in [-0.2, -0.15) is 14.6 Å². The van der Waals surface area contributed by atoms with Gasteiger partial charge in [0.15, 0.2) is 0 Å². The molecule has 0 aromatic carbocycles. The molecule has 2 aromatic heterocycles. The maximum absolute atomic E-state index is 13.0. The van der Waals surface area contributed by atoms with Crippen LogP contribution in [0.2, 0.25) is 0 Å². The van der Waals surface area contributed by atoms with Crippen LogP contribution in [0, 0.1) is 29.6 Å². The first-order chi connectivity index (χ1) is 15.5. The van der Waals surface area contributed by atoms with E-state index >= 15 is 0 Å². The van der Waals surface area contributed by atoms with Crippen LogP contribution in [-0.4, -0.2) is 44.5 Å². The second kappa shape index (κ2) is 8.48. The van der Waals surface area contributed by atoms with E-state index in [-0.39, 0.29) is 29.0 Å². The van der Waals surface area contributed by atoms with Gasteiger partial charge in [0, 0.05) is 19.2 Å². The van der Waals surface area contributed by atoms with E-state index in [0.717, 1.165) is 17.4 Å². The maximum atomic E-state index is 13.0. The molecule has 2 heterocycles. The predicted octanol–water partition coefficient (Wildman–Crippen LogP) is 2.79. The molecule has 3 unspecified atom stereocenters. The molecule has 2 amide bonds. The first-order valence-corrected chi connectivity index (χ1v) is 11.6. The predicted molar refractivity (Wildman–Crippen MR) is 120 cm³/mol. The summed E-state index contributed by atoms with van der Waals surface area (Å²) in [6.07, 6.45) is 12.8. The summed E-state index contributed by atoms with van der Waals surface area (Å²) in [5.41, 5.74) is 1.51. The fourth-order valence-corrected chi connectivity index (χ4v) is 5.42. The number of amides is 2. The van der Waals surface area contributed by atoms with Gasteiger partial charge in [-0.15, -0.1) is 0 Å². The molecule has 2 N–H and O–H groups in total. The smallest absolute Gasteiger partial charge is 0.270 e. The van der Waals surface area contributed by atoms with Crippen molar-refractivity contribution in [1.29, 1.82) is 0 Å². The highest BCUT2D eigenvalue weighted by molar-refractivity contribution is 5.98. The number of nitrogens with one attached hydrogen (secondary N) is 2. The molecule has 3 aliphatic rings. The second-order valence-electron chi connectivity index (χ2n) is 9.65. The van der Waals surface area contributed by atoms with E-state index < -0.39 is 0 Å². The Hall–Kier alpha value is -3.03. The Morgan fingerprint density at radius 3 is 2.75 bits per heavy atom. The fraction of sp³-hybridized carbons (Fsp3) is 0.542. The van der Waals surface area contributed by atoms with Gasteiger partial charge in [-0.05, 0) is 54.4 Å². The lowest BCUT2D eigenvalue weighted by Gasteiger charge is -2.21. The van der Waals surface area contributed by atoms with Gasteiger partial charge in [-0.3, -0.25) is 9.59 Å². The molecular formula is C24H30N6O2. The summed E-state index contributed by atoms with van der Waals surface area (Å²) in [6.45, 7) is 5.42. The van der Waals surface area contributed by atoms with Crippen LogP contribution in [0.5, 0.6) is 0 Å². The number of fused-ring (bicyclic) bond motifs is 3. The van der Waals surface area contributed by atoms with Gasteiger partial charge >= 0.3 is 0 Å². The van der Waals surface area contributed by atoms with Crippen LogP contribution in [0.4, 0.5) is 0 Å². The Balaban J connectivity index is 1.28. The van der Waals surface area contributed by atoms with Crippen LogP contribution in [0.25, 0.3) is 5.78 Å². The summed E-state index contributed by atoms with van der Waals surface area (Å²) >= 11 is 0. The van der Waals surface area contributed by atoms with Crippen LogP contribution >= 0.6 is 0 Å². The lowest BCUT2D eigenvalue weighted by Crippen LogP contribution is -2.33. The summed E-state index contributed by atoms with van der Waals surface area (Å²) in [6, 6.07) is 1.50. The second-order valence-corrected chi connectivity index (χ2v) is 9.65. The van der Waals surface area contributed by atoms with Crippen molar-refractivity contribution in [3.05, 3.63) is 47.6 Å². The number of rotatable bonds is 6. The molecule has 5 atom stereocenters. The van der Waals surface area contributed by atoms with E-state index in [1.807, 2.05) is 0 Å². The number of aromatic nitrogens is 4. The largest absolute Gasteiger partial charge is 0.350 e. The summed E-state index contributed by atoms with van der Waals surface area (Å²) in [7, 11) is 0. The Bertz CT molecular complexity index is 1100. The minimum atomic E-state index is -0.335. The third-order valence-corrected chi connectivity index (χ3v) is 7.50. The molecular weight excluding hydrogens is 404 g/mol. The molecule has 8 nitrogen and oxygen atoms in total. The normalized spacial score (nSPS) is 28.7. The SMILES string of the molecule is CC1C=CC(CNC(=O)c2cc(C(=O)NCC3C[C@H]4CC[C@@H]3C4)n3ncnc3n2)=CC1C. The summed E-state index contributed by atoms with van der Waals surface area (Å²) < 4.78 is 1.39. The van der Waals surface area contributed by atoms with Gasteiger partial charge in [0.2, 0.25) is 0 Å². The average molecular weight is 435 g/mol. The molecule has 5 rings (SSSR count). The van der Waals surface area contributed by atoms with Crippen molar-refractivity contribution >= 4 is 17.6 Å². The van der Waals surface area contributed by atoms with Gasteiger partial charge < -0.3 is 10.6 Å². The number of allylic oxidation sites excluding steroid dienone is 2. The number of carbonyl (C=O) groups is 2. The van der Waals surface area contributed by atoms with Gasteiger partial charge in [0.1, 0.15) is 17.7 Å². The van der Waals surface area contributed by atoms with Crippen molar-refractivity contribution in [2.45, 2.75) is 39.5 Å². The maximum Gasteiger partial charge on any atom is 0.270 e. The van der Waals surface area contributed by atoms with E-state index in [9.17, 15) is 9.59 Å². The van der Waals surface area contributed by atoms with E-state index in [1.54, 1.807) is 0 Å². The Kier molecular flexibility index (Phi) is 5.53. The van der Waals surface area contributed by atoms with Gasteiger partial charge in [0.05, 0.1) is 0 Å². The average Bonchev–Trinajstić information content (AvgIpc) is 3.54. The van der Waals surface area contributed by atoms with Crippen LogP contribution in [0.15, 0.2) is 36.2 Å². The van der Waals surface area contributed by atoms with E-state index in [4.69, 9.17) is 0 Å². The zero-order valence-electron chi connectivity index (χ0n) is 18.6. The van der Waals surface area contributed by atoms with E-state index in [1.165, 1.54) is 42.6 Å². The Morgan fingerprint density at radius 2 is 2.00 bits per heavy atom. The molecule has 2 aromatic rings. The summed E-state index contributed by atoms with van der Waals surface area (Å²) in [4.78, 5) is 34.2. The molecule has 2 saturated carbocycles. The van der Waals surface area contributed by atoms with Crippen molar-refractivity contribution < 1.29 is 9.59 Å². The van der Waals surface area contributed by atoms with Crippen molar-refractivity contribution in [3.63, 3.8) is 0 Å². The van der Waals surface area contributed by atoms with E-state index in [2.05, 4.69) is 57.8 Å². The highest BCUT2D eigenvalue weighted by atomic mass is 16.2. The zero-order valence-corrected chi connectivity index (χ0v) is 18.6. The van der Waals surface area contributed by atoms with Gasteiger partial charge in [-0.25, -0.2) is 4.98 Å². The Morgan fingerprint density at radius 1 is 1.12 bits per heavy atom. The van der Waals surface area contributed by atoms with Gasteiger partial charge in [-0.1, -0.05) is 38.5 Å². The monoisotopic (exact) mass is 434 g/mol. The number of hydrogen-bond acceptors (Lipinski definition) is 5. The quantitative estimate of drug-likeness (QED) is 0.728. The standard InChI is InChI=1S/C24H30N6O2/c1-14-3-4-17(7-15(14)2)11-25-22(31)20-10-21(30-24(29-20)27-13-28-30)23(32)26-12-19-9-16-5-6-18(19)8-16/h3-4,7,10,13-16,18-19H,5-6,8-9,11-12H2,1-2H3,(H,25,31)(H,26,32)/t14?,15?,16-,18+,19?/m0/s1. The first-order valence-electron chi connectivity index (χ1n) is 11.6. The highest BCUT2D eigenvalue weighted by Crippen LogP contribution is 2.47. The third-order valence-electron chi connectivity index (χ3n) is 7.50. The van der Waals surface area contributed by atoms with Crippen LogP contribution in [-0.2, 0) is 0 Å². The molecule has 0 saturated heterocycles. The lowest BCUT2D eigenvalue weighted by molar-refractivity contribution is 0.0934.